The molecule has 0 fully saturated rings. The van der Waals surface area contributed by atoms with Crippen LogP contribution in [0.2, 0.25) is 0 Å². The molecule has 0 atom stereocenters. The molecular formula is C15H16N7+. The fourth-order valence-electron chi connectivity index (χ4n) is 2.63. The molecule has 0 aliphatic rings. The first-order valence-corrected chi connectivity index (χ1v) is 7.19. The van der Waals surface area contributed by atoms with Crippen LogP contribution in [0.15, 0.2) is 48.5 Å². The molecule has 4 rings (SSSR count). The fraction of sp³-hybridized carbons (Fsp3) is 0.200. The van der Waals surface area contributed by atoms with Crippen molar-refractivity contribution in [2.45, 2.75) is 13.3 Å². The van der Waals surface area contributed by atoms with E-state index >= 15 is 0 Å². The number of hydrogen-bond donors (Lipinski definition) is 1. The largest absolute Gasteiger partial charge is 0.300 e. The molecule has 1 N–H and O–H groups in total. The quantitative estimate of drug-likeness (QED) is 0.588. The summed E-state index contributed by atoms with van der Waals surface area (Å²) >= 11 is 0. The normalized spacial score (nSPS) is 11.7. The van der Waals surface area contributed by atoms with E-state index in [1.807, 2.05) is 57.9 Å². The first kappa shape index (κ1) is 12.9. The molecule has 0 amide bonds. The van der Waals surface area contributed by atoms with Gasteiger partial charge in [0.1, 0.15) is 11.0 Å². The molecule has 0 spiro atoms. The van der Waals surface area contributed by atoms with Crippen LogP contribution < -0.4 is 4.90 Å². The minimum Gasteiger partial charge on any atom is -0.300 e. The lowest BCUT2D eigenvalue weighted by Crippen LogP contribution is -3.07. The third-order valence-corrected chi connectivity index (χ3v) is 3.68. The van der Waals surface area contributed by atoms with Crippen LogP contribution in [0, 0.1) is 0 Å². The molecular weight excluding hydrogens is 278 g/mol. The number of para-hydroxylation sites is 2. The van der Waals surface area contributed by atoms with Crippen LogP contribution in [0.3, 0.4) is 0 Å². The highest BCUT2D eigenvalue weighted by atomic mass is 15.5. The molecule has 0 aliphatic carbocycles. The van der Waals surface area contributed by atoms with Gasteiger partial charge in [-0.2, -0.15) is 9.36 Å². The summed E-state index contributed by atoms with van der Waals surface area (Å²) in [5, 5.41) is 16.8. The summed E-state index contributed by atoms with van der Waals surface area (Å²) in [5.74, 6) is 0. The highest BCUT2D eigenvalue weighted by Gasteiger charge is 2.11. The van der Waals surface area contributed by atoms with Gasteiger partial charge in [-0.05, 0) is 24.3 Å². The number of nitrogens with one attached hydrogen (secondary N) is 1. The van der Waals surface area contributed by atoms with E-state index < -0.39 is 0 Å². The lowest BCUT2D eigenvalue weighted by Gasteiger charge is -2.14. The molecule has 0 saturated carbocycles. The molecule has 0 radical (unpaired) electrons. The van der Waals surface area contributed by atoms with E-state index in [2.05, 4.69) is 27.7 Å². The van der Waals surface area contributed by atoms with Crippen molar-refractivity contribution >= 4 is 22.1 Å². The number of rotatable bonds is 4. The number of quaternary nitrogens is 1. The highest BCUT2D eigenvalue weighted by molar-refractivity contribution is 5.74. The van der Waals surface area contributed by atoms with E-state index in [4.69, 9.17) is 0 Å². The molecule has 22 heavy (non-hydrogen) atoms. The average molecular weight is 294 g/mol. The monoisotopic (exact) mass is 294 g/mol. The molecule has 7 nitrogen and oxygen atoms in total. The molecule has 7 heteroatoms. The number of hydrogen-bond acceptors (Lipinski definition) is 4. The maximum atomic E-state index is 4.23. The number of aromatic nitrogens is 6. The molecule has 2 aromatic heterocycles. The fourth-order valence-corrected chi connectivity index (χ4v) is 2.63. The molecule has 110 valence electrons. The summed E-state index contributed by atoms with van der Waals surface area (Å²) in [6.45, 7) is 1.43. The van der Waals surface area contributed by atoms with Crippen molar-refractivity contribution in [2.24, 2.45) is 0 Å². The second-order valence-electron chi connectivity index (χ2n) is 5.43. The SMILES string of the molecule is C[NH+](Cn1nnc2ccccc21)Cn1nnc2ccccc21. The van der Waals surface area contributed by atoms with Gasteiger partial charge in [0, 0.05) is 0 Å². The number of fused-ring (bicyclic) bond motifs is 2. The van der Waals surface area contributed by atoms with Gasteiger partial charge in [-0.15, -0.1) is 10.2 Å². The van der Waals surface area contributed by atoms with Gasteiger partial charge >= 0.3 is 0 Å². The Morgan fingerprint density at radius 2 is 1.23 bits per heavy atom. The van der Waals surface area contributed by atoms with E-state index in [0.717, 1.165) is 22.1 Å². The standard InChI is InChI=1S/C15H15N7/c1-20(10-21-14-8-4-2-6-12(14)16-18-21)11-22-15-9-5-3-7-13(15)17-19-22/h2-9H,10-11H2,1H3/p+1. The van der Waals surface area contributed by atoms with Crippen LogP contribution in [0.25, 0.3) is 22.1 Å². The predicted molar refractivity (Wildman–Crippen MR) is 81.9 cm³/mol. The van der Waals surface area contributed by atoms with Crippen molar-refractivity contribution in [3.63, 3.8) is 0 Å². The summed E-state index contributed by atoms with van der Waals surface area (Å²) in [6, 6.07) is 16.0. The summed E-state index contributed by atoms with van der Waals surface area (Å²) in [6.07, 6.45) is 0. The van der Waals surface area contributed by atoms with E-state index in [-0.39, 0.29) is 0 Å². The van der Waals surface area contributed by atoms with Crippen LogP contribution in [-0.2, 0) is 13.3 Å². The topological polar surface area (TPSA) is 65.9 Å². The van der Waals surface area contributed by atoms with E-state index in [9.17, 15) is 0 Å². The van der Waals surface area contributed by atoms with Crippen molar-refractivity contribution in [3.05, 3.63) is 48.5 Å². The smallest absolute Gasteiger partial charge is 0.176 e. The Labute approximate surface area is 126 Å². The molecule has 2 aromatic carbocycles. The molecule has 0 bridgehead atoms. The van der Waals surface area contributed by atoms with Crippen molar-refractivity contribution in [3.8, 4) is 0 Å². The highest BCUT2D eigenvalue weighted by Crippen LogP contribution is 2.09. The zero-order valence-corrected chi connectivity index (χ0v) is 12.2. The van der Waals surface area contributed by atoms with Gasteiger partial charge in [-0.1, -0.05) is 34.7 Å². The van der Waals surface area contributed by atoms with Crippen molar-refractivity contribution in [1.29, 1.82) is 0 Å². The third-order valence-electron chi connectivity index (χ3n) is 3.68. The Morgan fingerprint density at radius 3 is 1.73 bits per heavy atom. The Bertz CT molecular complexity index is 848. The Hall–Kier alpha value is -2.80. The maximum absolute atomic E-state index is 4.23. The predicted octanol–water partition coefficient (Wildman–Crippen LogP) is 0.306. The zero-order chi connectivity index (χ0) is 14.9. The minimum atomic E-state index is 0.717. The minimum absolute atomic E-state index is 0.717. The van der Waals surface area contributed by atoms with Crippen LogP contribution in [0.1, 0.15) is 0 Å². The van der Waals surface area contributed by atoms with Crippen molar-refractivity contribution in [1.82, 2.24) is 30.0 Å². The molecule has 0 unspecified atom stereocenters. The van der Waals surface area contributed by atoms with Crippen LogP contribution in [0.4, 0.5) is 0 Å². The Balaban J connectivity index is 1.56. The second kappa shape index (κ2) is 5.19. The van der Waals surface area contributed by atoms with Gasteiger partial charge in [0.2, 0.25) is 0 Å². The molecule has 2 heterocycles. The van der Waals surface area contributed by atoms with Gasteiger partial charge < -0.3 is 4.90 Å². The van der Waals surface area contributed by atoms with E-state index in [1.165, 1.54) is 4.90 Å². The number of nitrogens with zero attached hydrogens (tertiary/aromatic N) is 6. The zero-order valence-electron chi connectivity index (χ0n) is 12.2. The van der Waals surface area contributed by atoms with Gasteiger partial charge in [0.15, 0.2) is 13.3 Å². The van der Waals surface area contributed by atoms with Gasteiger partial charge in [-0.3, -0.25) is 0 Å². The second-order valence-corrected chi connectivity index (χ2v) is 5.43. The summed E-state index contributed by atoms with van der Waals surface area (Å²) in [4.78, 5) is 1.24. The number of benzene rings is 2. The Morgan fingerprint density at radius 1 is 0.773 bits per heavy atom. The molecule has 0 saturated heterocycles. The van der Waals surface area contributed by atoms with Crippen LogP contribution in [-0.4, -0.2) is 37.0 Å². The summed E-state index contributed by atoms with van der Waals surface area (Å²) in [7, 11) is 2.10. The van der Waals surface area contributed by atoms with Crippen LogP contribution >= 0.6 is 0 Å². The average Bonchev–Trinajstić information content (AvgIpc) is 3.13. The first-order chi connectivity index (χ1) is 10.8. The lowest BCUT2D eigenvalue weighted by atomic mass is 10.3. The van der Waals surface area contributed by atoms with Gasteiger partial charge in [0.25, 0.3) is 0 Å². The van der Waals surface area contributed by atoms with Gasteiger partial charge in [-0.25, -0.2) is 0 Å². The van der Waals surface area contributed by atoms with E-state index in [1.54, 1.807) is 0 Å². The van der Waals surface area contributed by atoms with Gasteiger partial charge in [0.05, 0.1) is 18.1 Å². The van der Waals surface area contributed by atoms with Crippen molar-refractivity contribution in [2.75, 3.05) is 7.05 Å². The van der Waals surface area contributed by atoms with Crippen molar-refractivity contribution < 1.29 is 4.90 Å². The Kier molecular flexibility index (Phi) is 3.05. The molecule has 0 aliphatic heterocycles. The maximum Gasteiger partial charge on any atom is 0.176 e. The molecule has 4 aromatic rings. The third kappa shape index (κ3) is 2.21. The lowest BCUT2D eigenvalue weighted by molar-refractivity contribution is -0.926. The summed E-state index contributed by atoms with van der Waals surface area (Å²) in [5.41, 5.74) is 3.93. The summed E-state index contributed by atoms with van der Waals surface area (Å²) < 4.78 is 3.84. The first-order valence-electron chi connectivity index (χ1n) is 7.19. The van der Waals surface area contributed by atoms with Crippen LogP contribution in [0.5, 0.6) is 0 Å². The van der Waals surface area contributed by atoms with E-state index in [0.29, 0.717) is 13.3 Å².